The first-order valence-corrected chi connectivity index (χ1v) is 4.26. The van der Waals surface area contributed by atoms with Gasteiger partial charge in [0.2, 0.25) is 0 Å². The van der Waals surface area contributed by atoms with Crippen LogP contribution in [0.5, 0.6) is 0 Å². The molecule has 2 N–H and O–H groups in total. The number of halogens is 1. The maximum Gasteiger partial charge on any atom is 0.257 e. The zero-order chi connectivity index (χ0) is 8.72. The minimum Gasteiger partial charge on any atom is -0.378 e. The first-order valence-electron chi connectivity index (χ1n) is 3.47. The van der Waals surface area contributed by atoms with E-state index in [4.69, 9.17) is 0 Å². The van der Waals surface area contributed by atoms with Gasteiger partial charge in [-0.1, -0.05) is 15.9 Å². The molecule has 0 aromatic heterocycles. The number of hydrogen-bond acceptors (Lipinski definition) is 2. The predicted molar refractivity (Wildman–Crippen MR) is 47.7 cm³/mol. The lowest BCUT2D eigenvalue weighted by Crippen LogP contribution is -2.10. The molecule has 12 heavy (non-hydrogen) atoms. The number of amides is 1. The van der Waals surface area contributed by atoms with Crippen molar-refractivity contribution < 1.29 is 9.90 Å². The summed E-state index contributed by atoms with van der Waals surface area (Å²) in [7, 11) is 0. The highest BCUT2D eigenvalue weighted by molar-refractivity contribution is 9.10. The van der Waals surface area contributed by atoms with Gasteiger partial charge in [0, 0.05) is 15.7 Å². The Morgan fingerprint density at radius 3 is 3.00 bits per heavy atom. The lowest BCUT2D eigenvalue weighted by Gasteiger charge is -1.99. The van der Waals surface area contributed by atoms with Gasteiger partial charge >= 0.3 is 0 Å². The van der Waals surface area contributed by atoms with E-state index >= 15 is 0 Å². The number of benzene rings is 1. The highest BCUT2D eigenvalue weighted by Gasteiger charge is 2.27. The van der Waals surface area contributed by atoms with Crippen molar-refractivity contribution in [1.29, 1.82) is 0 Å². The molecule has 62 valence electrons. The average molecular weight is 228 g/mol. The number of hydrogen-bond donors (Lipinski definition) is 2. The van der Waals surface area contributed by atoms with Crippen LogP contribution in [0.2, 0.25) is 0 Å². The third-order valence-corrected chi connectivity index (χ3v) is 2.31. The second-order valence-corrected chi connectivity index (χ2v) is 3.54. The van der Waals surface area contributed by atoms with Crippen molar-refractivity contribution in [2.75, 3.05) is 5.32 Å². The lowest BCUT2D eigenvalue weighted by atomic mass is 10.1. The Kier molecular flexibility index (Phi) is 1.66. The van der Waals surface area contributed by atoms with Crippen molar-refractivity contribution in [2.24, 2.45) is 0 Å². The first kappa shape index (κ1) is 7.76. The Labute approximate surface area is 77.5 Å². The maximum atomic E-state index is 11.0. The summed E-state index contributed by atoms with van der Waals surface area (Å²) in [6.45, 7) is 0. The molecule has 1 aromatic rings. The molecule has 1 aromatic carbocycles. The minimum atomic E-state index is -1.02. The fraction of sp³-hybridized carbons (Fsp3) is 0.125. The van der Waals surface area contributed by atoms with Gasteiger partial charge in [0.25, 0.3) is 5.91 Å². The normalized spacial score (nSPS) is 20.5. The van der Waals surface area contributed by atoms with Crippen LogP contribution in [-0.4, -0.2) is 11.0 Å². The predicted octanol–water partition coefficient (Wildman–Crippen LogP) is 1.43. The van der Waals surface area contributed by atoms with E-state index in [0.717, 1.165) is 4.47 Å². The Bertz CT molecular complexity index is 351. The summed E-state index contributed by atoms with van der Waals surface area (Å²) >= 11 is 3.26. The fourth-order valence-electron chi connectivity index (χ4n) is 1.22. The van der Waals surface area contributed by atoms with E-state index in [9.17, 15) is 9.90 Å². The fourth-order valence-corrected chi connectivity index (χ4v) is 1.59. The number of aliphatic hydroxyl groups is 1. The van der Waals surface area contributed by atoms with Crippen molar-refractivity contribution in [1.82, 2.24) is 0 Å². The van der Waals surface area contributed by atoms with Gasteiger partial charge < -0.3 is 10.4 Å². The molecule has 0 saturated carbocycles. The standard InChI is InChI=1S/C8H6BrNO2/c9-4-1-2-6-5(3-4)7(11)8(12)10-6/h1-3,7,11H,(H,10,12)/t7-/m1/s1. The summed E-state index contributed by atoms with van der Waals surface area (Å²) in [5.74, 6) is -0.358. The van der Waals surface area contributed by atoms with E-state index in [2.05, 4.69) is 21.2 Å². The Balaban J connectivity index is 2.55. The zero-order valence-corrected chi connectivity index (χ0v) is 7.63. The average Bonchev–Trinajstić information content (AvgIpc) is 2.31. The summed E-state index contributed by atoms with van der Waals surface area (Å²) in [5, 5.41) is 11.9. The maximum absolute atomic E-state index is 11.0. The molecule has 1 aliphatic rings. The Morgan fingerprint density at radius 2 is 2.25 bits per heavy atom. The lowest BCUT2D eigenvalue weighted by molar-refractivity contribution is -0.123. The highest BCUT2D eigenvalue weighted by atomic mass is 79.9. The second-order valence-electron chi connectivity index (χ2n) is 2.62. The van der Waals surface area contributed by atoms with Crippen LogP contribution in [0, 0.1) is 0 Å². The van der Waals surface area contributed by atoms with Crippen molar-refractivity contribution >= 4 is 27.5 Å². The summed E-state index contributed by atoms with van der Waals surface area (Å²) in [5.41, 5.74) is 1.32. The molecule has 0 radical (unpaired) electrons. The number of fused-ring (bicyclic) bond motifs is 1. The van der Waals surface area contributed by atoms with Crippen LogP contribution < -0.4 is 5.32 Å². The molecule has 1 aliphatic heterocycles. The molecule has 1 heterocycles. The molecule has 3 nitrogen and oxygen atoms in total. The Hall–Kier alpha value is -0.870. The summed E-state index contributed by atoms with van der Waals surface area (Å²) < 4.78 is 0.858. The number of rotatable bonds is 0. The molecule has 0 bridgehead atoms. The van der Waals surface area contributed by atoms with Crippen LogP contribution in [0.25, 0.3) is 0 Å². The molecule has 0 aliphatic carbocycles. The minimum absolute atomic E-state index is 0.358. The number of carbonyl (C=O) groups is 1. The van der Waals surface area contributed by atoms with Gasteiger partial charge in [0.1, 0.15) is 0 Å². The van der Waals surface area contributed by atoms with Gasteiger partial charge in [-0.3, -0.25) is 4.79 Å². The quantitative estimate of drug-likeness (QED) is 0.705. The van der Waals surface area contributed by atoms with Crippen LogP contribution in [0.3, 0.4) is 0 Å². The SMILES string of the molecule is O=C1Nc2ccc(Br)cc2[C@H]1O. The number of carbonyl (C=O) groups excluding carboxylic acids is 1. The molecule has 2 rings (SSSR count). The van der Waals surface area contributed by atoms with Gasteiger partial charge in [-0.05, 0) is 18.2 Å². The molecular formula is C8H6BrNO2. The Morgan fingerprint density at radius 1 is 1.50 bits per heavy atom. The third-order valence-electron chi connectivity index (χ3n) is 1.81. The molecule has 1 atom stereocenters. The molecular weight excluding hydrogens is 222 g/mol. The van der Waals surface area contributed by atoms with E-state index in [1.807, 2.05) is 6.07 Å². The van der Waals surface area contributed by atoms with Crippen molar-refractivity contribution in [3.63, 3.8) is 0 Å². The molecule has 1 amide bonds. The van der Waals surface area contributed by atoms with Gasteiger partial charge in [0.05, 0.1) is 0 Å². The monoisotopic (exact) mass is 227 g/mol. The summed E-state index contributed by atoms with van der Waals surface area (Å²) in [6.07, 6.45) is -1.02. The van der Waals surface area contributed by atoms with Crippen LogP contribution in [0.4, 0.5) is 5.69 Å². The summed E-state index contributed by atoms with van der Waals surface area (Å²) in [6, 6.07) is 5.31. The van der Waals surface area contributed by atoms with Crippen molar-refractivity contribution in [3.8, 4) is 0 Å². The van der Waals surface area contributed by atoms with Crippen molar-refractivity contribution in [2.45, 2.75) is 6.10 Å². The van der Waals surface area contributed by atoms with Crippen LogP contribution >= 0.6 is 15.9 Å². The van der Waals surface area contributed by atoms with Crippen molar-refractivity contribution in [3.05, 3.63) is 28.2 Å². The van der Waals surface area contributed by atoms with Gasteiger partial charge in [-0.2, -0.15) is 0 Å². The van der Waals surface area contributed by atoms with E-state index in [1.54, 1.807) is 12.1 Å². The summed E-state index contributed by atoms with van der Waals surface area (Å²) in [4.78, 5) is 11.0. The largest absolute Gasteiger partial charge is 0.378 e. The number of nitrogens with one attached hydrogen (secondary N) is 1. The molecule has 0 saturated heterocycles. The third kappa shape index (κ3) is 1.04. The molecule has 0 fully saturated rings. The van der Waals surface area contributed by atoms with Crippen LogP contribution in [-0.2, 0) is 4.79 Å². The highest BCUT2D eigenvalue weighted by Crippen LogP contribution is 2.32. The van der Waals surface area contributed by atoms with E-state index in [-0.39, 0.29) is 5.91 Å². The molecule has 0 unspecified atom stereocenters. The number of anilines is 1. The van der Waals surface area contributed by atoms with E-state index < -0.39 is 6.10 Å². The smallest absolute Gasteiger partial charge is 0.257 e. The first-order chi connectivity index (χ1) is 5.68. The van der Waals surface area contributed by atoms with E-state index in [0.29, 0.717) is 11.3 Å². The van der Waals surface area contributed by atoms with Crippen LogP contribution in [0.1, 0.15) is 11.7 Å². The topological polar surface area (TPSA) is 49.3 Å². The van der Waals surface area contributed by atoms with Gasteiger partial charge in [0.15, 0.2) is 6.10 Å². The van der Waals surface area contributed by atoms with Gasteiger partial charge in [-0.15, -0.1) is 0 Å². The zero-order valence-electron chi connectivity index (χ0n) is 6.04. The van der Waals surface area contributed by atoms with Crippen LogP contribution in [0.15, 0.2) is 22.7 Å². The molecule has 4 heteroatoms. The van der Waals surface area contributed by atoms with E-state index in [1.165, 1.54) is 0 Å². The second kappa shape index (κ2) is 2.57. The molecule has 0 spiro atoms. The number of aliphatic hydroxyl groups excluding tert-OH is 1. The van der Waals surface area contributed by atoms with Gasteiger partial charge in [-0.25, -0.2) is 0 Å².